The van der Waals surface area contributed by atoms with Crippen molar-refractivity contribution in [2.75, 3.05) is 0 Å². The lowest BCUT2D eigenvalue weighted by Crippen LogP contribution is -2.04. The minimum absolute atomic E-state index is 0.0500. The van der Waals surface area contributed by atoms with Gasteiger partial charge in [-0.05, 0) is 65.8 Å². The molecule has 0 radical (unpaired) electrons. The van der Waals surface area contributed by atoms with Crippen molar-refractivity contribution >= 4 is 17.5 Å². The lowest BCUT2D eigenvalue weighted by atomic mass is 10.1. The number of carbonyl (C=O) groups excluding carboxylic acids is 1. The molecule has 0 amide bonds. The van der Waals surface area contributed by atoms with Crippen molar-refractivity contribution in [1.29, 1.82) is 0 Å². The summed E-state index contributed by atoms with van der Waals surface area (Å²) in [4.78, 5) is 24.0. The fourth-order valence-electron chi connectivity index (χ4n) is 2.39. The fraction of sp³-hybridized carbons (Fsp3) is 0. The van der Waals surface area contributed by atoms with Crippen molar-refractivity contribution in [2.45, 2.75) is 0 Å². The Morgan fingerprint density at radius 3 is 2.22 bits per heavy atom. The summed E-state index contributed by atoms with van der Waals surface area (Å²) in [6.07, 6.45) is 12.2. The summed E-state index contributed by atoms with van der Waals surface area (Å²) in [5.74, 6) is -0.603. The van der Waals surface area contributed by atoms with E-state index < -0.39 is 4.92 Å². The van der Waals surface area contributed by atoms with E-state index in [2.05, 4.69) is 0 Å². The maximum absolute atomic E-state index is 12.9. The Morgan fingerprint density at radius 1 is 1.00 bits per heavy atom. The summed E-state index contributed by atoms with van der Waals surface area (Å²) in [6, 6.07) is 11.6. The molecule has 5 nitrogen and oxygen atoms in total. The Labute approximate surface area is 155 Å². The van der Waals surface area contributed by atoms with Crippen LogP contribution < -0.4 is 0 Å². The van der Waals surface area contributed by atoms with Crippen LogP contribution in [0.2, 0.25) is 0 Å². The molecule has 6 heteroatoms. The molecular weight excluding hydrogens is 347 g/mol. The van der Waals surface area contributed by atoms with Gasteiger partial charge in [-0.2, -0.15) is 0 Å². The van der Waals surface area contributed by atoms with Crippen molar-refractivity contribution in [3.63, 3.8) is 0 Å². The van der Waals surface area contributed by atoms with Gasteiger partial charge in [-0.25, -0.2) is 4.39 Å². The second-order valence-corrected chi connectivity index (χ2v) is 5.76. The van der Waals surface area contributed by atoms with Crippen LogP contribution in [0, 0.1) is 15.9 Å². The summed E-state index contributed by atoms with van der Waals surface area (Å²) in [6.45, 7) is 0. The van der Waals surface area contributed by atoms with Gasteiger partial charge in [0.25, 0.3) is 5.69 Å². The van der Waals surface area contributed by atoms with E-state index >= 15 is 0 Å². The molecule has 2 aromatic carbocycles. The summed E-state index contributed by atoms with van der Waals surface area (Å²) in [5.41, 5.74) is 2.23. The normalized spacial score (nSPS) is 13.2. The first-order chi connectivity index (χ1) is 13.0. The number of ketones is 1. The van der Waals surface area contributed by atoms with E-state index in [1.54, 1.807) is 35.6 Å². The van der Waals surface area contributed by atoms with Gasteiger partial charge < -0.3 is 4.90 Å². The van der Waals surface area contributed by atoms with Crippen LogP contribution in [0.25, 0.3) is 6.08 Å². The molecule has 0 saturated heterocycles. The molecule has 3 rings (SSSR count). The number of nitro groups is 1. The molecule has 0 atom stereocenters. The van der Waals surface area contributed by atoms with Crippen LogP contribution in [0.3, 0.4) is 0 Å². The highest BCUT2D eigenvalue weighted by Gasteiger charge is 2.05. The number of non-ortho nitro benzene ring substituents is 1. The quantitative estimate of drug-likeness (QED) is 0.330. The molecule has 0 bridgehead atoms. The Bertz CT molecular complexity index is 955. The molecule has 0 saturated carbocycles. The molecule has 0 N–H and O–H groups in total. The highest BCUT2D eigenvalue weighted by molar-refractivity contribution is 6.04. The van der Waals surface area contributed by atoms with Crippen molar-refractivity contribution in [3.05, 3.63) is 118 Å². The van der Waals surface area contributed by atoms with Crippen LogP contribution >= 0.6 is 0 Å². The minimum Gasteiger partial charge on any atom is -0.330 e. The fourth-order valence-corrected chi connectivity index (χ4v) is 2.39. The number of allylic oxidation sites excluding steroid dienone is 4. The topological polar surface area (TPSA) is 63.5 Å². The molecule has 0 aliphatic carbocycles. The SMILES string of the molecule is O=C(C=CN1C=CC(=Cc2ccc([N+](=O)[O-])cc2)C=C1)c1ccc(F)cc1. The molecule has 1 heterocycles. The zero-order valence-corrected chi connectivity index (χ0v) is 14.2. The van der Waals surface area contributed by atoms with Gasteiger partial charge in [-0.1, -0.05) is 0 Å². The van der Waals surface area contributed by atoms with Gasteiger partial charge in [0.05, 0.1) is 4.92 Å². The number of benzene rings is 2. The molecule has 0 unspecified atom stereocenters. The van der Waals surface area contributed by atoms with Gasteiger partial charge in [0, 0.05) is 42.4 Å². The van der Waals surface area contributed by atoms with Gasteiger partial charge in [-0.3, -0.25) is 14.9 Å². The number of hydrogen-bond donors (Lipinski definition) is 0. The van der Waals surface area contributed by atoms with E-state index in [9.17, 15) is 19.3 Å². The van der Waals surface area contributed by atoms with E-state index in [0.29, 0.717) is 5.56 Å². The van der Waals surface area contributed by atoms with Gasteiger partial charge in [0.2, 0.25) is 0 Å². The lowest BCUT2D eigenvalue weighted by molar-refractivity contribution is -0.384. The zero-order chi connectivity index (χ0) is 19.2. The van der Waals surface area contributed by atoms with E-state index in [1.165, 1.54) is 42.5 Å². The molecule has 0 fully saturated rings. The highest BCUT2D eigenvalue weighted by Crippen LogP contribution is 2.17. The zero-order valence-electron chi connectivity index (χ0n) is 14.2. The largest absolute Gasteiger partial charge is 0.330 e. The number of hydrogen-bond acceptors (Lipinski definition) is 4. The van der Waals surface area contributed by atoms with E-state index in [1.807, 2.05) is 18.2 Å². The second kappa shape index (κ2) is 8.05. The van der Waals surface area contributed by atoms with E-state index in [-0.39, 0.29) is 17.3 Å². The first-order valence-corrected chi connectivity index (χ1v) is 8.09. The number of nitro benzene ring substituents is 1. The number of rotatable bonds is 5. The van der Waals surface area contributed by atoms with Crippen molar-refractivity contribution in [3.8, 4) is 0 Å². The van der Waals surface area contributed by atoms with Gasteiger partial charge in [0.15, 0.2) is 5.78 Å². The van der Waals surface area contributed by atoms with Crippen LogP contribution in [-0.4, -0.2) is 15.6 Å². The molecule has 0 aromatic heterocycles. The smallest absolute Gasteiger partial charge is 0.269 e. The summed E-state index contributed by atoms with van der Waals surface area (Å²) >= 11 is 0. The molecule has 27 heavy (non-hydrogen) atoms. The number of nitrogens with zero attached hydrogens (tertiary/aromatic N) is 2. The van der Waals surface area contributed by atoms with Gasteiger partial charge in [-0.15, -0.1) is 0 Å². The Kier molecular flexibility index (Phi) is 5.37. The molecule has 0 spiro atoms. The third kappa shape index (κ3) is 4.85. The lowest BCUT2D eigenvalue weighted by Gasteiger charge is -2.13. The third-order valence-corrected chi connectivity index (χ3v) is 3.84. The minimum atomic E-state index is -0.436. The second-order valence-electron chi connectivity index (χ2n) is 5.76. The van der Waals surface area contributed by atoms with E-state index in [4.69, 9.17) is 0 Å². The molecular formula is C21H15FN2O3. The number of halogens is 1. The van der Waals surface area contributed by atoms with Gasteiger partial charge in [0.1, 0.15) is 5.82 Å². The summed E-state index contributed by atoms with van der Waals surface area (Å²) in [7, 11) is 0. The highest BCUT2D eigenvalue weighted by atomic mass is 19.1. The molecule has 134 valence electrons. The van der Waals surface area contributed by atoms with E-state index in [0.717, 1.165) is 11.1 Å². The Balaban J connectivity index is 1.62. The maximum Gasteiger partial charge on any atom is 0.269 e. The van der Waals surface area contributed by atoms with Crippen molar-refractivity contribution in [1.82, 2.24) is 4.90 Å². The Hall–Kier alpha value is -3.80. The first kappa shape index (κ1) is 18.0. The van der Waals surface area contributed by atoms with Crippen LogP contribution in [0.1, 0.15) is 15.9 Å². The standard InChI is InChI=1S/C21H15FN2O3/c22-19-5-3-18(4-6-19)21(25)11-14-23-12-9-17(10-13-23)15-16-1-7-20(8-2-16)24(26)27/h1-15H. The van der Waals surface area contributed by atoms with Crippen molar-refractivity contribution in [2.24, 2.45) is 0 Å². The van der Waals surface area contributed by atoms with Crippen LogP contribution in [0.4, 0.5) is 10.1 Å². The Morgan fingerprint density at radius 2 is 1.63 bits per heavy atom. The monoisotopic (exact) mass is 362 g/mol. The molecule has 1 aliphatic heterocycles. The predicted molar refractivity (Wildman–Crippen MR) is 101 cm³/mol. The third-order valence-electron chi connectivity index (χ3n) is 3.84. The van der Waals surface area contributed by atoms with Crippen LogP contribution in [0.15, 0.2) is 90.9 Å². The van der Waals surface area contributed by atoms with Crippen molar-refractivity contribution < 1.29 is 14.1 Å². The average Bonchev–Trinajstić information content (AvgIpc) is 2.68. The molecule has 2 aromatic rings. The maximum atomic E-state index is 12.9. The predicted octanol–water partition coefficient (Wildman–Crippen LogP) is 4.86. The summed E-state index contributed by atoms with van der Waals surface area (Å²) < 4.78 is 12.9. The average molecular weight is 362 g/mol. The van der Waals surface area contributed by atoms with Gasteiger partial charge >= 0.3 is 0 Å². The number of carbonyl (C=O) groups is 1. The first-order valence-electron chi connectivity index (χ1n) is 8.09. The summed E-state index contributed by atoms with van der Waals surface area (Å²) in [5, 5.41) is 10.7. The molecule has 1 aliphatic rings. The van der Waals surface area contributed by atoms with Crippen LogP contribution in [0.5, 0.6) is 0 Å². The van der Waals surface area contributed by atoms with Crippen LogP contribution in [-0.2, 0) is 0 Å².